The van der Waals surface area contributed by atoms with E-state index in [9.17, 15) is 93.8 Å². The Hall–Kier alpha value is -4.93. The molecule has 3 saturated heterocycles. The smallest absolute Gasteiger partial charge is 0.328 e. The number of amides is 8. The highest BCUT2D eigenvalue weighted by atomic mass is 31.2. The van der Waals surface area contributed by atoms with Crippen molar-refractivity contribution >= 4 is 54.9 Å². The number of carbonyl (C=O) groups excluding carboxylic acids is 8. The molecule has 101 heavy (non-hydrogen) atoms. The number of aliphatic hydroxyl groups excluding tert-OH is 9. The molecule has 584 valence electrons. The van der Waals surface area contributed by atoms with E-state index >= 15 is 0 Å². The molecular formula is C60H107N8O32P. The minimum atomic E-state index is -3.86. The van der Waals surface area contributed by atoms with Gasteiger partial charge in [-0.15, -0.1) is 0 Å². The molecule has 3 heterocycles. The zero-order valence-electron chi connectivity index (χ0n) is 57.5. The van der Waals surface area contributed by atoms with Gasteiger partial charge in [-0.3, -0.25) is 42.9 Å². The molecule has 4 fully saturated rings. The van der Waals surface area contributed by atoms with Gasteiger partial charge >= 0.3 is 7.60 Å². The van der Waals surface area contributed by atoms with Gasteiger partial charge in [-0.2, -0.15) is 0 Å². The summed E-state index contributed by atoms with van der Waals surface area (Å²) < 4.78 is 84.5. The molecule has 4 aliphatic rings. The normalized spacial score (nSPS) is 28.4. The Morgan fingerprint density at radius 3 is 1.13 bits per heavy atom. The van der Waals surface area contributed by atoms with Crippen LogP contribution in [0.3, 0.4) is 0 Å². The lowest BCUT2D eigenvalue weighted by atomic mass is 9.86. The lowest BCUT2D eigenvalue weighted by Gasteiger charge is -2.42. The Bertz CT molecular complexity index is 2430. The SMILES string of the molecule is CCP(=O)(O)OC1CCC(C(=O)NC(CCC(=O)NCCOCCOCCOC2OC(CO)C(O)C(O)C2NC(C)=O)C(=O)N(CC(=O)NCCOCCOCCOC2OC(CO)C(O)C(O)C2NC(C)=O)CC(=O)NCCOCCOCCOC2OC(CO)C(O)C(O)C2NC(C)=O)CC1. The summed E-state index contributed by atoms with van der Waals surface area (Å²) in [7, 11) is -3.86. The van der Waals surface area contributed by atoms with Crippen LogP contribution in [0.1, 0.15) is 66.2 Å². The molecule has 0 aromatic heterocycles. The third-order valence-electron chi connectivity index (χ3n) is 16.1. The second-order valence-electron chi connectivity index (χ2n) is 24.0. The number of nitrogens with one attached hydrogen (secondary N) is 7. The van der Waals surface area contributed by atoms with Crippen LogP contribution in [0, 0.1) is 5.92 Å². The highest BCUT2D eigenvalue weighted by Crippen LogP contribution is 2.45. The molecule has 40 nitrogen and oxygen atoms in total. The summed E-state index contributed by atoms with van der Waals surface area (Å²) in [6, 6.07) is -4.90. The molecule has 0 radical (unpaired) electrons. The summed E-state index contributed by atoms with van der Waals surface area (Å²) in [5.74, 6) is -5.82. The van der Waals surface area contributed by atoms with Crippen molar-refractivity contribution < 1.29 is 155 Å². The van der Waals surface area contributed by atoms with Gasteiger partial charge < -0.3 is 154 Å². The predicted molar refractivity (Wildman–Crippen MR) is 343 cm³/mol. The monoisotopic (exact) mass is 1480 g/mol. The molecule has 17 atom stereocenters. The first-order valence-corrected chi connectivity index (χ1v) is 35.4. The van der Waals surface area contributed by atoms with Gasteiger partial charge in [0.25, 0.3) is 0 Å². The van der Waals surface area contributed by atoms with Crippen LogP contribution < -0.4 is 37.2 Å². The van der Waals surface area contributed by atoms with E-state index in [1.807, 2.05) is 0 Å². The molecular weight excluding hydrogens is 1380 g/mol. The van der Waals surface area contributed by atoms with Crippen molar-refractivity contribution in [3.63, 3.8) is 0 Å². The van der Waals surface area contributed by atoms with Crippen molar-refractivity contribution in [2.24, 2.45) is 5.92 Å². The van der Waals surface area contributed by atoms with E-state index in [1.165, 1.54) is 27.7 Å². The van der Waals surface area contributed by atoms with Crippen LogP contribution in [0.2, 0.25) is 0 Å². The van der Waals surface area contributed by atoms with E-state index < -0.39 is 198 Å². The number of hydrogen-bond acceptors (Lipinski definition) is 31. The van der Waals surface area contributed by atoms with E-state index in [1.54, 1.807) is 0 Å². The Labute approximate surface area is 584 Å². The largest absolute Gasteiger partial charge is 0.394 e. The number of carbonyl (C=O) groups is 8. The Balaban J connectivity index is 1.32. The van der Waals surface area contributed by atoms with Gasteiger partial charge in [0.15, 0.2) is 18.9 Å². The second-order valence-corrected chi connectivity index (χ2v) is 26.1. The highest BCUT2D eigenvalue weighted by molar-refractivity contribution is 7.52. The van der Waals surface area contributed by atoms with Gasteiger partial charge in [0.2, 0.25) is 47.3 Å². The average Bonchev–Trinajstić information content (AvgIpc) is 0.827. The Morgan fingerprint density at radius 2 is 0.802 bits per heavy atom. The molecule has 1 saturated carbocycles. The summed E-state index contributed by atoms with van der Waals surface area (Å²) in [6.07, 6.45) is -16.6. The fourth-order valence-electron chi connectivity index (χ4n) is 10.8. The van der Waals surface area contributed by atoms with Crippen LogP contribution in [-0.2, 0) is 104 Å². The van der Waals surface area contributed by atoms with E-state index in [-0.39, 0.29) is 163 Å². The molecule has 17 N–H and O–H groups in total. The molecule has 41 heteroatoms. The summed E-state index contributed by atoms with van der Waals surface area (Å²) in [6.45, 7) is 1.58. The first-order valence-electron chi connectivity index (χ1n) is 33.6. The molecule has 8 amide bonds. The summed E-state index contributed by atoms with van der Waals surface area (Å²) in [5.41, 5.74) is 0. The molecule has 0 aromatic carbocycles. The van der Waals surface area contributed by atoms with Crippen LogP contribution >= 0.6 is 7.60 Å². The zero-order valence-corrected chi connectivity index (χ0v) is 58.3. The fraction of sp³-hybridized carbons (Fsp3) is 0.867. The van der Waals surface area contributed by atoms with Crippen molar-refractivity contribution in [2.45, 2.75) is 170 Å². The third kappa shape index (κ3) is 32.5. The van der Waals surface area contributed by atoms with Crippen LogP contribution in [0.4, 0.5) is 0 Å². The lowest BCUT2D eigenvalue weighted by Crippen LogP contribution is -2.64. The van der Waals surface area contributed by atoms with Gasteiger partial charge in [-0.05, 0) is 32.1 Å². The number of rotatable bonds is 49. The summed E-state index contributed by atoms with van der Waals surface area (Å²) >= 11 is 0. The molecule has 4 rings (SSSR count). The van der Waals surface area contributed by atoms with Crippen molar-refractivity contribution in [1.82, 2.24) is 42.1 Å². The van der Waals surface area contributed by atoms with Crippen molar-refractivity contribution in [1.29, 1.82) is 0 Å². The van der Waals surface area contributed by atoms with Gasteiger partial charge in [-0.25, -0.2) is 0 Å². The van der Waals surface area contributed by atoms with E-state index in [4.69, 9.17) is 61.4 Å². The van der Waals surface area contributed by atoms with E-state index in [0.29, 0.717) is 0 Å². The van der Waals surface area contributed by atoms with Crippen LogP contribution in [0.25, 0.3) is 0 Å². The summed E-state index contributed by atoms with van der Waals surface area (Å²) in [5, 5.41) is 109. The van der Waals surface area contributed by atoms with Crippen LogP contribution in [0.15, 0.2) is 0 Å². The van der Waals surface area contributed by atoms with Gasteiger partial charge in [0.1, 0.15) is 92.2 Å². The topological polar surface area (TPSA) is 563 Å². The second kappa shape index (κ2) is 48.2. The molecule has 0 spiro atoms. The first kappa shape index (κ1) is 88.5. The predicted octanol–water partition coefficient (Wildman–Crippen LogP) is -8.81. The van der Waals surface area contributed by atoms with Gasteiger partial charge in [-0.1, -0.05) is 6.92 Å². The van der Waals surface area contributed by atoms with Crippen molar-refractivity contribution in [3.05, 3.63) is 0 Å². The van der Waals surface area contributed by atoms with Gasteiger partial charge in [0, 0.05) is 58.9 Å². The van der Waals surface area contributed by atoms with Crippen molar-refractivity contribution in [2.75, 3.05) is 158 Å². The number of aliphatic hydroxyl groups is 9. The van der Waals surface area contributed by atoms with Crippen molar-refractivity contribution in [3.8, 4) is 0 Å². The number of nitrogens with zero attached hydrogens (tertiary/aromatic N) is 1. The average molecular weight is 1480 g/mol. The molecule has 0 bridgehead atoms. The number of ether oxygens (including phenoxy) is 12. The van der Waals surface area contributed by atoms with Crippen LogP contribution in [-0.4, -0.2) is 365 Å². The maximum Gasteiger partial charge on any atom is 0.328 e. The number of hydrogen-bond donors (Lipinski definition) is 17. The van der Waals surface area contributed by atoms with Gasteiger partial charge in [0.05, 0.1) is 125 Å². The minimum Gasteiger partial charge on any atom is -0.394 e. The molecule has 3 aliphatic heterocycles. The van der Waals surface area contributed by atoms with Crippen LogP contribution in [0.5, 0.6) is 0 Å². The van der Waals surface area contributed by atoms with E-state index in [0.717, 1.165) is 4.90 Å². The fourth-order valence-corrected chi connectivity index (χ4v) is 11.6. The van der Waals surface area contributed by atoms with E-state index in [2.05, 4.69) is 37.2 Å². The lowest BCUT2D eigenvalue weighted by molar-refractivity contribution is -0.272. The molecule has 0 aromatic rings. The maximum absolute atomic E-state index is 14.7. The first-order chi connectivity index (χ1) is 48.2. The highest BCUT2D eigenvalue weighted by Gasteiger charge is 2.48. The maximum atomic E-state index is 14.7. The zero-order chi connectivity index (χ0) is 74.4. The summed E-state index contributed by atoms with van der Waals surface area (Å²) in [4.78, 5) is 115. The standard InChI is InChI=1S/C60H107N8O32P/c1-5-101(86,87)100-39-8-6-38(7-9-39)56(84)67-40(10-11-44(75)61-12-15-88-18-21-91-24-27-94-58-47(64-35(2)72)53(81)50(78)41(32-69)97-58)57(85)68(30-45(76)62-13-16-89-19-22-92-25-28-95-59-48(65-36(3)73)54(82)51(79)42(33-70)98-59)31-46(77)63-14-17-90-20-23-93-26-29-96-60-49(66-37(4)74)55(83)52(80)43(34-71)99-60/h38-43,47-55,58-60,69-71,78-83H,5-34H2,1-4H3,(H,61,75)(H,62,76)(H,63,77)(H,64,72)(H,65,73)(H,66,74)(H,67,84)(H,86,87). The Kier molecular flexibility index (Phi) is 42.2. The minimum absolute atomic E-state index is 0.00110. The third-order valence-corrected chi connectivity index (χ3v) is 17.5. The molecule has 17 unspecified atom stereocenters. The quantitative estimate of drug-likeness (QED) is 0.0199. The Morgan fingerprint density at radius 1 is 0.475 bits per heavy atom. The molecule has 1 aliphatic carbocycles.